The highest BCUT2D eigenvalue weighted by molar-refractivity contribution is 5.92. The van der Waals surface area contributed by atoms with Crippen molar-refractivity contribution in [3.8, 4) is 11.5 Å². The largest absolute Gasteiger partial charge is 0.493 e. The second kappa shape index (κ2) is 9.54. The Bertz CT molecular complexity index is 974. The average molecular weight is 392 g/mol. The van der Waals surface area contributed by atoms with Gasteiger partial charge in [0.2, 0.25) is 0 Å². The Kier molecular flexibility index (Phi) is 6.63. The summed E-state index contributed by atoms with van der Waals surface area (Å²) in [6.45, 7) is 3.00. The zero-order valence-corrected chi connectivity index (χ0v) is 16.7. The molecular formula is C22H24N4O3. The summed E-state index contributed by atoms with van der Waals surface area (Å²) in [5, 5.41) is 14.2. The lowest BCUT2D eigenvalue weighted by Crippen LogP contribution is -2.24. The fourth-order valence-corrected chi connectivity index (χ4v) is 2.81. The van der Waals surface area contributed by atoms with Crippen LogP contribution >= 0.6 is 0 Å². The fraction of sp³-hybridized carbons (Fsp3) is 0.227. The first-order chi connectivity index (χ1) is 14.1. The molecule has 0 bridgehead atoms. The number of hydrogen-bond acceptors (Lipinski definition) is 6. The fourth-order valence-electron chi connectivity index (χ4n) is 2.81. The maximum atomic E-state index is 12.3. The van der Waals surface area contributed by atoms with E-state index in [0.29, 0.717) is 30.4 Å². The number of anilines is 1. The smallest absolute Gasteiger partial charge is 0.272 e. The number of carbonyl (C=O) groups is 1. The van der Waals surface area contributed by atoms with Crippen LogP contribution in [0.4, 0.5) is 5.82 Å². The first-order valence-electron chi connectivity index (χ1n) is 9.22. The van der Waals surface area contributed by atoms with Gasteiger partial charge in [-0.25, -0.2) is 0 Å². The number of nitrogens with one attached hydrogen (secondary N) is 2. The number of benzene rings is 2. The minimum Gasteiger partial charge on any atom is -0.493 e. The lowest BCUT2D eigenvalue weighted by molar-refractivity contribution is 0.0945. The van der Waals surface area contributed by atoms with E-state index in [0.717, 1.165) is 16.7 Å². The Morgan fingerprint density at radius 2 is 1.72 bits per heavy atom. The van der Waals surface area contributed by atoms with Gasteiger partial charge in [-0.3, -0.25) is 4.79 Å². The van der Waals surface area contributed by atoms with E-state index in [-0.39, 0.29) is 11.6 Å². The predicted octanol–water partition coefficient (Wildman–Crippen LogP) is 3.34. The zero-order chi connectivity index (χ0) is 20.6. The van der Waals surface area contributed by atoms with E-state index in [9.17, 15) is 4.79 Å². The number of aryl methyl sites for hydroxylation is 1. The maximum Gasteiger partial charge on any atom is 0.272 e. The van der Waals surface area contributed by atoms with Crippen LogP contribution in [0.5, 0.6) is 11.5 Å². The first kappa shape index (κ1) is 20.1. The quantitative estimate of drug-likeness (QED) is 0.612. The van der Waals surface area contributed by atoms with Crippen LogP contribution in [0.1, 0.15) is 27.2 Å². The Morgan fingerprint density at radius 1 is 0.931 bits per heavy atom. The number of carbonyl (C=O) groups excluding carboxylic acids is 1. The summed E-state index contributed by atoms with van der Waals surface area (Å²) >= 11 is 0. The molecule has 1 amide bonds. The van der Waals surface area contributed by atoms with Crippen molar-refractivity contribution in [2.45, 2.75) is 20.0 Å². The van der Waals surface area contributed by atoms with E-state index in [1.807, 2.05) is 49.4 Å². The van der Waals surface area contributed by atoms with Gasteiger partial charge in [0.15, 0.2) is 17.2 Å². The molecule has 0 aliphatic rings. The first-order valence-corrected chi connectivity index (χ1v) is 9.22. The van der Waals surface area contributed by atoms with Gasteiger partial charge in [0, 0.05) is 13.1 Å². The molecule has 0 saturated heterocycles. The van der Waals surface area contributed by atoms with Crippen LogP contribution in [0.25, 0.3) is 0 Å². The lowest BCUT2D eigenvalue weighted by atomic mass is 10.1. The average Bonchev–Trinajstić information content (AvgIpc) is 2.77. The van der Waals surface area contributed by atoms with Gasteiger partial charge in [0.05, 0.1) is 14.2 Å². The predicted molar refractivity (Wildman–Crippen MR) is 111 cm³/mol. The van der Waals surface area contributed by atoms with Gasteiger partial charge < -0.3 is 20.1 Å². The molecule has 150 valence electrons. The Hall–Kier alpha value is -3.61. The molecule has 1 heterocycles. The van der Waals surface area contributed by atoms with Crippen LogP contribution in [-0.2, 0) is 13.1 Å². The number of amides is 1. The number of rotatable bonds is 8. The Balaban J connectivity index is 1.56. The molecule has 0 saturated carbocycles. The molecule has 0 unspecified atom stereocenters. The number of methoxy groups -OCH3 is 2. The normalized spacial score (nSPS) is 10.3. The van der Waals surface area contributed by atoms with Crippen molar-refractivity contribution in [1.82, 2.24) is 15.5 Å². The summed E-state index contributed by atoms with van der Waals surface area (Å²) in [6.07, 6.45) is 0. The number of ether oxygens (including phenoxy) is 2. The SMILES string of the molecule is COc1ccc(CNc2ccc(C(=O)NCc3ccccc3C)nn2)cc1OC. The molecule has 0 atom stereocenters. The van der Waals surface area contributed by atoms with E-state index in [1.165, 1.54) is 0 Å². The zero-order valence-electron chi connectivity index (χ0n) is 16.7. The van der Waals surface area contributed by atoms with Crippen LogP contribution in [0.15, 0.2) is 54.6 Å². The van der Waals surface area contributed by atoms with Gasteiger partial charge in [0.1, 0.15) is 5.82 Å². The van der Waals surface area contributed by atoms with Crippen LogP contribution in [0, 0.1) is 6.92 Å². The van der Waals surface area contributed by atoms with Gasteiger partial charge in [-0.1, -0.05) is 30.3 Å². The summed E-state index contributed by atoms with van der Waals surface area (Å²) in [4.78, 5) is 12.3. The second-order valence-corrected chi connectivity index (χ2v) is 6.46. The highest BCUT2D eigenvalue weighted by Gasteiger charge is 2.09. The van der Waals surface area contributed by atoms with Crippen molar-refractivity contribution in [2.75, 3.05) is 19.5 Å². The molecule has 3 aromatic rings. The molecular weight excluding hydrogens is 368 g/mol. The van der Waals surface area contributed by atoms with E-state index in [1.54, 1.807) is 26.4 Å². The van der Waals surface area contributed by atoms with E-state index < -0.39 is 0 Å². The molecule has 1 aromatic heterocycles. The van der Waals surface area contributed by atoms with E-state index in [4.69, 9.17) is 9.47 Å². The van der Waals surface area contributed by atoms with Gasteiger partial charge in [0.25, 0.3) is 5.91 Å². The monoisotopic (exact) mass is 392 g/mol. The summed E-state index contributed by atoms with van der Waals surface area (Å²) < 4.78 is 10.5. The van der Waals surface area contributed by atoms with Crippen molar-refractivity contribution in [2.24, 2.45) is 0 Å². The van der Waals surface area contributed by atoms with Crippen molar-refractivity contribution < 1.29 is 14.3 Å². The van der Waals surface area contributed by atoms with Crippen molar-refractivity contribution in [3.05, 3.63) is 77.0 Å². The van der Waals surface area contributed by atoms with Crippen molar-refractivity contribution in [1.29, 1.82) is 0 Å². The lowest BCUT2D eigenvalue weighted by Gasteiger charge is -2.10. The van der Waals surface area contributed by atoms with E-state index >= 15 is 0 Å². The molecule has 0 radical (unpaired) electrons. The third-order valence-electron chi connectivity index (χ3n) is 4.52. The van der Waals surface area contributed by atoms with Gasteiger partial charge in [-0.2, -0.15) is 0 Å². The molecule has 7 heteroatoms. The summed E-state index contributed by atoms with van der Waals surface area (Å²) in [7, 11) is 3.20. The molecule has 7 nitrogen and oxygen atoms in total. The van der Waals surface area contributed by atoms with E-state index in [2.05, 4.69) is 20.8 Å². The number of hydrogen-bond donors (Lipinski definition) is 2. The second-order valence-electron chi connectivity index (χ2n) is 6.46. The molecule has 29 heavy (non-hydrogen) atoms. The summed E-state index contributed by atoms with van der Waals surface area (Å²) in [5.74, 6) is 1.66. The minimum absolute atomic E-state index is 0.257. The van der Waals surface area contributed by atoms with Gasteiger partial charge in [-0.15, -0.1) is 10.2 Å². The molecule has 0 aliphatic carbocycles. The van der Waals surface area contributed by atoms with Crippen LogP contribution in [-0.4, -0.2) is 30.3 Å². The topological polar surface area (TPSA) is 85.4 Å². The molecule has 0 fully saturated rings. The van der Waals surface area contributed by atoms with Crippen LogP contribution in [0.3, 0.4) is 0 Å². The number of aromatic nitrogens is 2. The third-order valence-corrected chi connectivity index (χ3v) is 4.52. The van der Waals surface area contributed by atoms with Crippen molar-refractivity contribution >= 4 is 11.7 Å². The standard InChI is InChI=1S/C22H24N4O3/c1-15-6-4-5-7-17(15)14-24-22(27)18-9-11-21(26-25-18)23-13-16-8-10-19(28-2)20(12-16)29-3/h4-12H,13-14H2,1-3H3,(H,23,26)(H,24,27). The Labute approximate surface area is 170 Å². The molecule has 2 aromatic carbocycles. The van der Waals surface area contributed by atoms with Crippen molar-refractivity contribution in [3.63, 3.8) is 0 Å². The number of nitrogens with zero attached hydrogens (tertiary/aromatic N) is 2. The highest BCUT2D eigenvalue weighted by atomic mass is 16.5. The molecule has 2 N–H and O–H groups in total. The highest BCUT2D eigenvalue weighted by Crippen LogP contribution is 2.27. The van der Waals surface area contributed by atoms with Gasteiger partial charge >= 0.3 is 0 Å². The third kappa shape index (κ3) is 5.22. The molecule has 0 spiro atoms. The van der Waals surface area contributed by atoms with Crippen LogP contribution < -0.4 is 20.1 Å². The van der Waals surface area contributed by atoms with Crippen LogP contribution in [0.2, 0.25) is 0 Å². The summed E-state index contributed by atoms with van der Waals surface area (Å²) in [5.41, 5.74) is 3.48. The molecule has 0 aliphatic heterocycles. The Morgan fingerprint density at radius 3 is 2.41 bits per heavy atom. The minimum atomic E-state index is -0.257. The maximum absolute atomic E-state index is 12.3. The molecule has 3 rings (SSSR count). The van der Waals surface area contributed by atoms with Gasteiger partial charge in [-0.05, 0) is 47.9 Å². The summed E-state index contributed by atoms with van der Waals surface area (Å²) in [6, 6.07) is 17.0.